The van der Waals surface area contributed by atoms with Gasteiger partial charge in [-0.15, -0.1) is 10.2 Å². The highest BCUT2D eigenvalue weighted by Crippen LogP contribution is 2.36. The lowest BCUT2D eigenvalue weighted by Gasteiger charge is -2.11. The third kappa shape index (κ3) is 5.37. The maximum absolute atomic E-state index is 12.6. The molecule has 0 radical (unpaired) electrons. The normalized spacial score (nSPS) is 13.4. The molecule has 0 atom stereocenters. The van der Waals surface area contributed by atoms with E-state index < -0.39 is 0 Å². The third-order valence-electron chi connectivity index (χ3n) is 5.46. The van der Waals surface area contributed by atoms with Crippen LogP contribution in [0.4, 0.5) is 5.69 Å². The molecule has 1 aromatic heterocycles. The summed E-state index contributed by atoms with van der Waals surface area (Å²) in [5.41, 5.74) is 2.36. The zero-order valence-corrected chi connectivity index (χ0v) is 19.6. The average Bonchev–Trinajstić information content (AvgIpc) is 3.06. The molecule has 0 saturated heterocycles. The van der Waals surface area contributed by atoms with Crippen LogP contribution in [0.2, 0.25) is 5.02 Å². The fourth-order valence-corrected chi connectivity index (χ4v) is 4.23. The van der Waals surface area contributed by atoms with Crippen LogP contribution < -0.4 is 14.8 Å². The minimum atomic E-state index is -0.253. The minimum Gasteiger partial charge on any atom is -0.491 e. The molecular weight excluding hydrogens is 440 g/mol. The molecule has 2 heterocycles. The van der Waals surface area contributed by atoms with E-state index in [1.165, 1.54) is 19.6 Å². The van der Waals surface area contributed by atoms with Crippen molar-refractivity contribution in [1.29, 1.82) is 0 Å². The van der Waals surface area contributed by atoms with Gasteiger partial charge in [-0.1, -0.05) is 30.2 Å². The van der Waals surface area contributed by atoms with Gasteiger partial charge in [-0.3, -0.25) is 4.79 Å². The largest absolute Gasteiger partial charge is 0.491 e. The standard InChI is InChI=1S/C25H27ClN4O3/c1-3-33-21-15-17(14-20(26)24(21)32-2)11-12-23(31)27-19-9-7-8-18(16-19)25-29-28-22-10-5-4-6-13-30(22)25/h7-9,11-12,14-16H,3-6,10,13H2,1-2H3,(H,27,31)/b12-11+. The molecule has 172 valence electrons. The molecule has 33 heavy (non-hydrogen) atoms. The Morgan fingerprint density at radius 3 is 2.91 bits per heavy atom. The molecule has 1 aliphatic heterocycles. The molecule has 0 saturated carbocycles. The lowest BCUT2D eigenvalue weighted by atomic mass is 10.1. The fraction of sp³-hybridized carbons (Fsp3) is 0.320. The van der Waals surface area contributed by atoms with Crippen molar-refractivity contribution in [1.82, 2.24) is 14.8 Å². The summed E-state index contributed by atoms with van der Waals surface area (Å²) in [5, 5.41) is 12.1. The van der Waals surface area contributed by atoms with E-state index in [0.717, 1.165) is 48.6 Å². The number of aromatic nitrogens is 3. The van der Waals surface area contributed by atoms with Gasteiger partial charge in [0.2, 0.25) is 5.91 Å². The van der Waals surface area contributed by atoms with Crippen molar-refractivity contribution in [2.75, 3.05) is 19.0 Å². The Hall–Kier alpha value is -3.32. The SMILES string of the molecule is CCOc1cc(/C=C/C(=O)Nc2cccc(-c3nnc4n3CCCCC4)c2)cc(Cl)c1OC. The van der Waals surface area contributed by atoms with Crippen molar-refractivity contribution >= 4 is 29.3 Å². The molecule has 7 nitrogen and oxygen atoms in total. The van der Waals surface area contributed by atoms with E-state index in [9.17, 15) is 4.79 Å². The molecule has 1 amide bonds. The molecule has 4 rings (SSSR count). The van der Waals surface area contributed by atoms with Gasteiger partial charge < -0.3 is 19.4 Å². The number of methoxy groups -OCH3 is 1. The summed E-state index contributed by atoms with van der Waals surface area (Å²) in [4.78, 5) is 12.6. The molecule has 1 N–H and O–H groups in total. The van der Waals surface area contributed by atoms with Crippen LogP contribution in [0.1, 0.15) is 37.6 Å². The number of hydrogen-bond acceptors (Lipinski definition) is 5. The van der Waals surface area contributed by atoms with Crippen LogP contribution >= 0.6 is 11.6 Å². The van der Waals surface area contributed by atoms with Crippen LogP contribution in [0, 0.1) is 0 Å². The number of rotatable bonds is 7. The number of anilines is 1. The van der Waals surface area contributed by atoms with Gasteiger partial charge in [0.05, 0.1) is 18.7 Å². The van der Waals surface area contributed by atoms with Crippen molar-refractivity contribution in [2.45, 2.75) is 39.2 Å². The number of amides is 1. The number of carbonyl (C=O) groups excluding carboxylic acids is 1. The van der Waals surface area contributed by atoms with Gasteiger partial charge in [-0.05, 0) is 55.7 Å². The second-order valence-corrected chi connectivity index (χ2v) is 8.18. The maximum atomic E-state index is 12.6. The molecule has 0 fully saturated rings. The monoisotopic (exact) mass is 466 g/mol. The Labute approximate surface area is 198 Å². The second kappa shape index (κ2) is 10.5. The number of fused-ring (bicyclic) bond motifs is 1. The van der Waals surface area contributed by atoms with Crippen LogP contribution in [-0.4, -0.2) is 34.4 Å². The predicted octanol–water partition coefficient (Wildman–Crippen LogP) is 5.38. The smallest absolute Gasteiger partial charge is 0.248 e. The van der Waals surface area contributed by atoms with Gasteiger partial charge in [-0.25, -0.2) is 0 Å². The van der Waals surface area contributed by atoms with Crippen molar-refractivity contribution < 1.29 is 14.3 Å². The Balaban J connectivity index is 1.49. The Morgan fingerprint density at radius 2 is 2.09 bits per heavy atom. The first-order valence-electron chi connectivity index (χ1n) is 11.1. The number of carbonyl (C=O) groups is 1. The summed E-state index contributed by atoms with van der Waals surface area (Å²) in [6.07, 6.45) is 7.58. The first-order chi connectivity index (χ1) is 16.1. The van der Waals surface area contributed by atoms with Crippen molar-refractivity contribution in [3.8, 4) is 22.9 Å². The van der Waals surface area contributed by atoms with Gasteiger partial charge in [0, 0.05) is 30.3 Å². The molecule has 0 aliphatic carbocycles. The molecule has 8 heteroatoms. The van der Waals surface area contributed by atoms with Gasteiger partial charge in [-0.2, -0.15) is 0 Å². The predicted molar refractivity (Wildman–Crippen MR) is 130 cm³/mol. The van der Waals surface area contributed by atoms with Crippen molar-refractivity contribution in [3.63, 3.8) is 0 Å². The molecule has 3 aromatic rings. The lowest BCUT2D eigenvalue weighted by molar-refractivity contribution is -0.111. The lowest BCUT2D eigenvalue weighted by Crippen LogP contribution is -2.08. The van der Waals surface area contributed by atoms with Gasteiger partial charge >= 0.3 is 0 Å². The third-order valence-corrected chi connectivity index (χ3v) is 5.74. The van der Waals surface area contributed by atoms with Crippen LogP contribution in [0.25, 0.3) is 17.5 Å². The van der Waals surface area contributed by atoms with Crippen LogP contribution in [0.3, 0.4) is 0 Å². The molecular formula is C25H27ClN4O3. The highest BCUT2D eigenvalue weighted by molar-refractivity contribution is 6.32. The fourth-order valence-electron chi connectivity index (χ4n) is 3.94. The summed E-state index contributed by atoms with van der Waals surface area (Å²) < 4.78 is 13.1. The van der Waals surface area contributed by atoms with Gasteiger partial charge in [0.15, 0.2) is 17.3 Å². The minimum absolute atomic E-state index is 0.253. The number of ether oxygens (including phenoxy) is 2. The number of aryl methyl sites for hydroxylation is 1. The molecule has 2 aromatic carbocycles. The summed E-state index contributed by atoms with van der Waals surface area (Å²) >= 11 is 6.29. The number of hydrogen-bond donors (Lipinski definition) is 1. The van der Waals surface area contributed by atoms with E-state index in [-0.39, 0.29) is 5.91 Å². The number of nitrogens with one attached hydrogen (secondary N) is 1. The average molecular weight is 467 g/mol. The number of nitrogens with zero attached hydrogens (tertiary/aromatic N) is 3. The highest BCUT2D eigenvalue weighted by atomic mass is 35.5. The second-order valence-electron chi connectivity index (χ2n) is 7.77. The molecule has 0 spiro atoms. The Morgan fingerprint density at radius 1 is 1.21 bits per heavy atom. The van der Waals surface area contributed by atoms with E-state index in [4.69, 9.17) is 21.1 Å². The van der Waals surface area contributed by atoms with Crippen molar-refractivity contribution in [2.24, 2.45) is 0 Å². The maximum Gasteiger partial charge on any atom is 0.248 e. The van der Waals surface area contributed by atoms with Crippen molar-refractivity contribution in [3.05, 3.63) is 58.9 Å². The summed E-state index contributed by atoms with van der Waals surface area (Å²) in [5.74, 6) is 2.63. The Bertz CT molecular complexity index is 1170. The summed E-state index contributed by atoms with van der Waals surface area (Å²) in [7, 11) is 1.54. The Kier molecular flexibility index (Phi) is 7.29. The van der Waals surface area contributed by atoms with E-state index in [2.05, 4.69) is 20.1 Å². The van der Waals surface area contributed by atoms with Crippen LogP contribution in [0.15, 0.2) is 42.5 Å². The van der Waals surface area contributed by atoms with E-state index in [0.29, 0.717) is 28.8 Å². The summed E-state index contributed by atoms with van der Waals surface area (Å²) in [6.45, 7) is 3.28. The quantitative estimate of drug-likeness (QED) is 0.472. The van der Waals surface area contributed by atoms with Crippen LogP contribution in [-0.2, 0) is 17.8 Å². The van der Waals surface area contributed by atoms with E-state index in [1.54, 1.807) is 18.2 Å². The van der Waals surface area contributed by atoms with Gasteiger partial charge in [0.1, 0.15) is 5.82 Å². The number of halogens is 1. The molecule has 0 unspecified atom stereocenters. The number of benzene rings is 2. The van der Waals surface area contributed by atoms with E-state index in [1.807, 2.05) is 31.2 Å². The molecule has 1 aliphatic rings. The highest BCUT2D eigenvalue weighted by Gasteiger charge is 2.16. The topological polar surface area (TPSA) is 78.3 Å². The summed E-state index contributed by atoms with van der Waals surface area (Å²) in [6, 6.07) is 11.2. The zero-order valence-electron chi connectivity index (χ0n) is 18.8. The van der Waals surface area contributed by atoms with Gasteiger partial charge in [0.25, 0.3) is 0 Å². The van der Waals surface area contributed by atoms with E-state index >= 15 is 0 Å². The first kappa shape index (κ1) is 22.9. The zero-order chi connectivity index (χ0) is 23.2. The van der Waals surface area contributed by atoms with Crippen LogP contribution in [0.5, 0.6) is 11.5 Å². The first-order valence-corrected chi connectivity index (χ1v) is 11.5. The molecule has 0 bridgehead atoms.